The van der Waals surface area contributed by atoms with Gasteiger partial charge in [-0.1, -0.05) is 30.3 Å². The fourth-order valence-corrected chi connectivity index (χ4v) is 2.22. The van der Waals surface area contributed by atoms with E-state index >= 15 is 0 Å². The van der Waals surface area contributed by atoms with Crippen molar-refractivity contribution in [2.75, 3.05) is 17.3 Å². The lowest BCUT2D eigenvalue weighted by atomic mass is 10.2. The van der Waals surface area contributed by atoms with Crippen molar-refractivity contribution in [1.82, 2.24) is 4.98 Å². The zero-order chi connectivity index (χ0) is 16.1. The lowest BCUT2D eigenvalue weighted by molar-refractivity contribution is 0.0996. The summed E-state index contributed by atoms with van der Waals surface area (Å²) in [5.74, 6) is 0.438. The van der Waals surface area contributed by atoms with E-state index in [0.717, 1.165) is 12.2 Å². The van der Waals surface area contributed by atoms with Crippen LogP contribution in [0.3, 0.4) is 0 Å². The minimum absolute atomic E-state index is 0.261. The van der Waals surface area contributed by atoms with E-state index in [9.17, 15) is 4.79 Å². The smallest absolute Gasteiger partial charge is 0.292 e. The van der Waals surface area contributed by atoms with Crippen molar-refractivity contribution in [3.8, 4) is 0 Å². The second kappa shape index (κ2) is 6.79. The van der Waals surface area contributed by atoms with E-state index in [1.807, 2.05) is 31.3 Å². The predicted molar refractivity (Wildman–Crippen MR) is 89.4 cm³/mol. The van der Waals surface area contributed by atoms with Crippen molar-refractivity contribution >= 4 is 17.4 Å². The molecule has 1 N–H and O–H groups in total. The van der Waals surface area contributed by atoms with Crippen molar-refractivity contribution in [3.05, 3.63) is 78.4 Å². The van der Waals surface area contributed by atoms with E-state index in [0.29, 0.717) is 5.82 Å². The number of hydrogen-bond acceptors (Lipinski definition) is 4. The van der Waals surface area contributed by atoms with Crippen LogP contribution in [0.1, 0.15) is 16.1 Å². The van der Waals surface area contributed by atoms with Gasteiger partial charge in [0.05, 0.1) is 18.1 Å². The summed E-state index contributed by atoms with van der Waals surface area (Å²) in [6.45, 7) is 0.792. The van der Waals surface area contributed by atoms with Crippen LogP contribution in [0.2, 0.25) is 0 Å². The molecule has 23 heavy (non-hydrogen) atoms. The fraction of sp³-hybridized carbons (Fsp3) is 0.111. The van der Waals surface area contributed by atoms with Gasteiger partial charge in [0.2, 0.25) is 0 Å². The first kappa shape index (κ1) is 14.8. The van der Waals surface area contributed by atoms with Crippen LogP contribution in [0.25, 0.3) is 0 Å². The number of carbonyl (C=O) groups excluding carboxylic acids is 1. The normalized spacial score (nSPS) is 10.3. The minimum Gasteiger partial charge on any atom is -0.459 e. The van der Waals surface area contributed by atoms with Gasteiger partial charge in [-0.15, -0.1) is 0 Å². The molecule has 0 fully saturated rings. The molecule has 1 amide bonds. The maximum Gasteiger partial charge on any atom is 0.292 e. The molecule has 0 unspecified atom stereocenters. The summed E-state index contributed by atoms with van der Waals surface area (Å²) in [5.41, 5.74) is 2.20. The largest absolute Gasteiger partial charge is 0.459 e. The van der Waals surface area contributed by atoms with Gasteiger partial charge < -0.3 is 14.6 Å². The first-order valence-corrected chi connectivity index (χ1v) is 7.28. The molecular weight excluding hydrogens is 290 g/mol. The summed E-state index contributed by atoms with van der Waals surface area (Å²) in [4.78, 5) is 18.3. The van der Waals surface area contributed by atoms with Crippen LogP contribution >= 0.6 is 0 Å². The molecule has 0 bridgehead atoms. The summed E-state index contributed by atoms with van der Waals surface area (Å²) in [6.07, 6.45) is 3.20. The van der Waals surface area contributed by atoms with E-state index in [2.05, 4.69) is 27.3 Å². The second-order valence-corrected chi connectivity index (χ2v) is 5.17. The Kier molecular flexibility index (Phi) is 4.38. The van der Waals surface area contributed by atoms with E-state index < -0.39 is 0 Å². The van der Waals surface area contributed by atoms with Gasteiger partial charge in [0.25, 0.3) is 5.91 Å². The molecule has 0 radical (unpaired) electrons. The highest BCUT2D eigenvalue weighted by Gasteiger charge is 2.09. The Morgan fingerprint density at radius 1 is 1.13 bits per heavy atom. The highest BCUT2D eigenvalue weighted by atomic mass is 16.3. The number of carbonyl (C=O) groups is 1. The molecule has 5 heteroatoms. The third-order valence-electron chi connectivity index (χ3n) is 3.44. The molecule has 3 aromatic rings. The van der Waals surface area contributed by atoms with Crippen LogP contribution < -0.4 is 10.2 Å². The van der Waals surface area contributed by atoms with Crippen LogP contribution in [0.15, 0.2) is 71.5 Å². The van der Waals surface area contributed by atoms with E-state index in [-0.39, 0.29) is 11.7 Å². The van der Waals surface area contributed by atoms with Crippen molar-refractivity contribution in [2.24, 2.45) is 0 Å². The molecule has 0 aliphatic carbocycles. The van der Waals surface area contributed by atoms with E-state index in [4.69, 9.17) is 4.42 Å². The van der Waals surface area contributed by atoms with Gasteiger partial charge in [-0.25, -0.2) is 4.98 Å². The monoisotopic (exact) mass is 307 g/mol. The van der Waals surface area contributed by atoms with Crippen LogP contribution in [0, 0.1) is 0 Å². The van der Waals surface area contributed by atoms with Crippen molar-refractivity contribution in [3.63, 3.8) is 0 Å². The molecule has 0 atom stereocenters. The van der Waals surface area contributed by atoms with Gasteiger partial charge in [-0.2, -0.15) is 0 Å². The lowest BCUT2D eigenvalue weighted by Crippen LogP contribution is -2.17. The topological polar surface area (TPSA) is 58.4 Å². The van der Waals surface area contributed by atoms with Crippen molar-refractivity contribution < 1.29 is 9.21 Å². The van der Waals surface area contributed by atoms with Gasteiger partial charge in [0, 0.05) is 13.6 Å². The molecule has 0 aliphatic heterocycles. The van der Waals surface area contributed by atoms with Crippen molar-refractivity contribution in [1.29, 1.82) is 0 Å². The molecule has 0 saturated carbocycles. The Bertz CT molecular complexity index is 753. The Morgan fingerprint density at radius 2 is 1.96 bits per heavy atom. The van der Waals surface area contributed by atoms with E-state index in [1.165, 1.54) is 11.8 Å². The molecular formula is C18H17N3O2. The summed E-state index contributed by atoms with van der Waals surface area (Å²) >= 11 is 0. The van der Waals surface area contributed by atoms with Gasteiger partial charge in [-0.3, -0.25) is 4.79 Å². The minimum atomic E-state index is -0.312. The molecule has 0 spiro atoms. The number of nitrogens with one attached hydrogen (secondary N) is 1. The summed E-state index contributed by atoms with van der Waals surface area (Å²) in [5, 5.41) is 2.70. The Hall–Kier alpha value is -3.08. The summed E-state index contributed by atoms with van der Waals surface area (Å²) in [7, 11) is 2.01. The predicted octanol–water partition coefficient (Wildman–Crippen LogP) is 3.56. The number of furan rings is 1. The van der Waals surface area contributed by atoms with Crippen LogP contribution in [0.5, 0.6) is 0 Å². The first-order chi connectivity index (χ1) is 11.2. The quantitative estimate of drug-likeness (QED) is 0.783. The van der Waals surface area contributed by atoms with Gasteiger partial charge in [0.1, 0.15) is 5.82 Å². The Labute approximate surface area is 134 Å². The third kappa shape index (κ3) is 3.77. The number of aromatic nitrogens is 1. The van der Waals surface area contributed by atoms with E-state index in [1.54, 1.807) is 24.4 Å². The number of nitrogens with zero attached hydrogens (tertiary/aromatic N) is 2. The number of benzene rings is 1. The Balaban J connectivity index is 1.63. The zero-order valence-electron chi connectivity index (χ0n) is 12.8. The summed E-state index contributed by atoms with van der Waals surface area (Å²) < 4.78 is 5.05. The van der Waals surface area contributed by atoms with Crippen molar-refractivity contribution in [2.45, 2.75) is 6.54 Å². The first-order valence-electron chi connectivity index (χ1n) is 7.28. The maximum atomic E-state index is 11.9. The van der Waals surface area contributed by atoms with Crippen LogP contribution in [-0.4, -0.2) is 17.9 Å². The van der Waals surface area contributed by atoms with Gasteiger partial charge in [-0.05, 0) is 29.8 Å². The highest BCUT2D eigenvalue weighted by Crippen LogP contribution is 2.16. The van der Waals surface area contributed by atoms with Crippen LogP contribution in [-0.2, 0) is 6.54 Å². The molecule has 2 heterocycles. The summed E-state index contributed by atoms with van der Waals surface area (Å²) in [6, 6.07) is 17.2. The number of hydrogen-bond donors (Lipinski definition) is 1. The van der Waals surface area contributed by atoms with Gasteiger partial charge >= 0.3 is 0 Å². The van der Waals surface area contributed by atoms with Crippen LogP contribution in [0.4, 0.5) is 11.5 Å². The molecule has 116 valence electrons. The number of anilines is 2. The Morgan fingerprint density at radius 3 is 2.61 bits per heavy atom. The standard InChI is InChI=1S/C18H17N3O2/c1-21(13-14-6-3-2-4-7-14)15-9-10-17(19-12-15)20-18(22)16-8-5-11-23-16/h2-12H,13H2,1H3,(H,19,20,22). The number of rotatable bonds is 5. The zero-order valence-corrected chi connectivity index (χ0v) is 12.8. The molecule has 2 aromatic heterocycles. The average Bonchev–Trinajstić information content (AvgIpc) is 3.11. The molecule has 0 aliphatic rings. The number of pyridine rings is 1. The number of amides is 1. The molecule has 1 aromatic carbocycles. The third-order valence-corrected chi connectivity index (χ3v) is 3.44. The molecule has 3 rings (SSSR count). The highest BCUT2D eigenvalue weighted by molar-refractivity contribution is 6.01. The second-order valence-electron chi connectivity index (χ2n) is 5.17. The lowest BCUT2D eigenvalue weighted by Gasteiger charge is -2.19. The maximum absolute atomic E-state index is 11.9. The molecule has 5 nitrogen and oxygen atoms in total. The SMILES string of the molecule is CN(Cc1ccccc1)c1ccc(NC(=O)c2ccco2)nc1. The fourth-order valence-electron chi connectivity index (χ4n) is 2.22. The molecule has 0 saturated heterocycles. The average molecular weight is 307 g/mol. The van der Waals surface area contributed by atoms with Gasteiger partial charge in [0.15, 0.2) is 5.76 Å².